The summed E-state index contributed by atoms with van der Waals surface area (Å²) in [6.07, 6.45) is 0. The van der Waals surface area contributed by atoms with Crippen LogP contribution in [-0.4, -0.2) is 43.8 Å². The van der Waals surface area contributed by atoms with Crippen molar-refractivity contribution in [1.29, 1.82) is 0 Å². The molecule has 8 heteroatoms. The van der Waals surface area contributed by atoms with Gasteiger partial charge in [0.1, 0.15) is 0 Å². The zero-order valence-electron chi connectivity index (χ0n) is 17.9. The van der Waals surface area contributed by atoms with E-state index in [0.29, 0.717) is 27.8 Å². The molecule has 0 atom stereocenters. The molecule has 3 aromatic carbocycles. The number of piperazine rings is 1. The van der Waals surface area contributed by atoms with E-state index in [0.717, 1.165) is 49.0 Å². The van der Waals surface area contributed by atoms with Gasteiger partial charge in [0.25, 0.3) is 5.91 Å². The van der Waals surface area contributed by atoms with Crippen LogP contribution in [0, 0.1) is 0 Å². The molecule has 1 saturated heterocycles. The van der Waals surface area contributed by atoms with Crippen molar-refractivity contribution in [2.24, 2.45) is 0 Å². The summed E-state index contributed by atoms with van der Waals surface area (Å²) in [7, 11) is 0. The maximum Gasteiger partial charge on any atom is 0.255 e. The van der Waals surface area contributed by atoms with Crippen molar-refractivity contribution >= 4 is 40.5 Å². The number of benzene rings is 3. The number of nitrogens with zero attached hydrogens (tertiary/aromatic N) is 2. The van der Waals surface area contributed by atoms with Gasteiger partial charge < -0.3 is 19.7 Å². The molecule has 6 nitrogen and oxygen atoms in total. The number of ether oxygens (including phenoxy) is 2. The number of rotatable bonds is 5. The van der Waals surface area contributed by atoms with Crippen LogP contribution in [0.25, 0.3) is 0 Å². The Morgan fingerprint density at radius 2 is 1.67 bits per heavy atom. The number of hydrogen-bond acceptors (Lipinski definition) is 5. The summed E-state index contributed by atoms with van der Waals surface area (Å²) in [6.45, 7) is 4.59. The third-order valence-corrected chi connectivity index (χ3v) is 6.58. The van der Waals surface area contributed by atoms with Gasteiger partial charge in [-0.2, -0.15) is 0 Å². The normalized spacial score (nSPS) is 15.5. The van der Waals surface area contributed by atoms with Gasteiger partial charge >= 0.3 is 0 Å². The van der Waals surface area contributed by atoms with Crippen LogP contribution in [0.4, 0.5) is 11.4 Å². The van der Waals surface area contributed by atoms with Crippen molar-refractivity contribution in [3.05, 3.63) is 81.8 Å². The van der Waals surface area contributed by atoms with E-state index in [1.807, 2.05) is 30.3 Å². The first kappa shape index (κ1) is 21.9. The van der Waals surface area contributed by atoms with E-state index in [2.05, 4.69) is 21.2 Å². The zero-order chi connectivity index (χ0) is 22.8. The molecule has 1 amide bonds. The highest BCUT2D eigenvalue weighted by atomic mass is 35.5. The lowest BCUT2D eigenvalue weighted by Crippen LogP contribution is -2.46. The van der Waals surface area contributed by atoms with Crippen LogP contribution in [0.15, 0.2) is 60.7 Å². The van der Waals surface area contributed by atoms with Gasteiger partial charge in [-0.15, -0.1) is 0 Å². The molecule has 2 aliphatic heterocycles. The molecule has 2 heterocycles. The second-order valence-corrected chi connectivity index (χ2v) is 8.86. The van der Waals surface area contributed by atoms with Crippen molar-refractivity contribution in [3.63, 3.8) is 0 Å². The summed E-state index contributed by atoms with van der Waals surface area (Å²) in [5.41, 5.74) is 3.25. The second kappa shape index (κ2) is 9.51. The highest BCUT2D eigenvalue weighted by Gasteiger charge is 2.21. The van der Waals surface area contributed by atoms with Crippen molar-refractivity contribution in [1.82, 2.24) is 4.90 Å². The number of halogens is 2. The van der Waals surface area contributed by atoms with Gasteiger partial charge in [0.15, 0.2) is 11.5 Å². The van der Waals surface area contributed by atoms with E-state index in [1.54, 1.807) is 24.3 Å². The fourth-order valence-corrected chi connectivity index (χ4v) is 4.59. The predicted molar refractivity (Wildman–Crippen MR) is 131 cm³/mol. The zero-order valence-corrected chi connectivity index (χ0v) is 19.4. The highest BCUT2D eigenvalue weighted by Crippen LogP contribution is 2.33. The minimum Gasteiger partial charge on any atom is -0.454 e. The number of hydrogen-bond donors (Lipinski definition) is 1. The summed E-state index contributed by atoms with van der Waals surface area (Å²) in [6, 6.07) is 18.7. The third kappa shape index (κ3) is 4.88. The van der Waals surface area contributed by atoms with Crippen molar-refractivity contribution in [2.75, 3.05) is 43.2 Å². The van der Waals surface area contributed by atoms with Crippen LogP contribution >= 0.6 is 23.2 Å². The van der Waals surface area contributed by atoms with Crippen LogP contribution in [0.3, 0.4) is 0 Å². The molecule has 0 radical (unpaired) electrons. The first-order valence-electron chi connectivity index (χ1n) is 10.8. The lowest BCUT2D eigenvalue weighted by atomic mass is 10.1. The Kier molecular flexibility index (Phi) is 6.31. The van der Waals surface area contributed by atoms with Gasteiger partial charge in [-0.3, -0.25) is 9.69 Å². The topological polar surface area (TPSA) is 54.0 Å². The first-order valence-corrected chi connectivity index (χ1v) is 11.5. The molecular weight excluding hydrogens is 461 g/mol. The van der Waals surface area contributed by atoms with Crippen molar-refractivity contribution in [3.8, 4) is 11.5 Å². The molecule has 1 fully saturated rings. The molecule has 2 aliphatic rings. The Balaban J connectivity index is 1.20. The number of fused-ring (bicyclic) bond motifs is 1. The van der Waals surface area contributed by atoms with E-state index in [-0.39, 0.29) is 12.7 Å². The number of nitrogens with one attached hydrogen (secondary N) is 1. The number of carbonyl (C=O) groups excluding carboxylic acids is 1. The summed E-state index contributed by atoms with van der Waals surface area (Å²) in [5.74, 6) is 0.987. The minimum atomic E-state index is -0.231. The van der Waals surface area contributed by atoms with Crippen LogP contribution < -0.4 is 19.7 Å². The highest BCUT2D eigenvalue weighted by molar-refractivity contribution is 6.33. The van der Waals surface area contributed by atoms with Crippen LogP contribution in [0.2, 0.25) is 10.0 Å². The SMILES string of the molecule is O=C(Nc1ccc(N2CCN(Cc3ccccc3Cl)CC2)c(Cl)c1)c1ccc2c(c1)OCO2. The number of amides is 1. The molecule has 33 heavy (non-hydrogen) atoms. The van der Waals surface area contributed by atoms with E-state index < -0.39 is 0 Å². The van der Waals surface area contributed by atoms with Gasteiger partial charge in [0, 0.05) is 49.0 Å². The lowest BCUT2D eigenvalue weighted by Gasteiger charge is -2.36. The predicted octanol–water partition coefficient (Wildman–Crippen LogP) is 5.30. The summed E-state index contributed by atoms with van der Waals surface area (Å²) in [5, 5.41) is 4.32. The molecule has 1 N–H and O–H groups in total. The standard InChI is InChI=1S/C25H23Cl2N3O3/c26-20-4-2-1-3-18(20)15-29-9-11-30(12-10-29)22-7-6-19(14-21(22)27)28-25(31)17-5-8-23-24(13-17)33-16-32-23/h1-8,13-14H,9-12,15-16H2,(H,28,31). The monoisotopic (exact) mass is 483 g/mol. The fraction of sp³-hybridized carbons (Fsp3) is 0.240. The Bertz CT molecular complexity index is 1180. The average molecular weight is 484 g/mol. The molecule has 3 aromatic rings. The van der Waals surface area contributed by atoms with E-state index >= 15 is 0 Å². The molecular formula is C25H23Cl2N3O3. The smallest absolute Gasteiger partial charge is 0.255 e. The number of carbonyl (C=O) groups is 1. The second-order valence-electron chi connectivity index (χ2n) is 8.04. The molecule has 0 bridgehead atoms. The quantitative estimate of drug-likeness (QED) is 0.533. The Labute approximate surface area is 202 Å². The molecule has 0 spiro atoms. The van der Waals surface area contributed by atoms with E-state index in [1.165, 1.54) is 0 Å². The molecule has 0 aromatic heterocycles. The molecule has 170 valence electrons. The third-order valence-electron chi connectivity index (χ3n) is 5.91. The van der Waals surface area contributed by atoms with Crippen LogP contribution in [0.1, 0.15) is 15.9 Å². The molecule has 0 unspecified atom stereocenters. The van der Waals surface area contributed by atoms with Crippen LogP contribution in [-0.2, 0) is 6.54 Å². The van der Waals surface area contributed by atoms with Crippen molar-refractivity contribution < 1.29 is 14.3 Å². The Morgan fingerprint density at radius 1 is 0.879 bits per heavy atom. The van der Waals surface area contributed by atoms with Crippen LogP contribution in [0.5, 0.6) is 11.5 Å². The fourth-order valence-electron chi connectivity index (χ4n) is 4.10. The summed E-state index contributed by atoms with van der Waals surface area (Å²) in [4.78, 5) is 17.3. The van der Waals surface area contributed by atoms with Gasteiger partial charge in [-0.1, -0.05) is 41.4 Å². The summed E-state index contributed by atoms with van der Waals surface area (Å²) < 4.78 is 10.6. The first-order chi connectivity index (χ1) is 16.1. The maximum atomic E-state index is 12.6. The molecule has 5 rings (SSSR count). The number of anilines is 2. The maximum absolute atomic E-state index is 12.6. The minimum absolute atomic E-state index is 0.172. The van der Waals surface area contributed by atoms with E-state index in [4.69, 9.17) is 32.7 Å². The van der Waals surface area contributed by atoms with Gasteiger partial charge in [-0.05, 0) is 48.0 Å². The largest absolute Gasteiger partial charge is 0.454 e. The Hall–Kier alpha value is -2.93. The van der Waals surface area contributed by atoms with E-state index in [9.17, 15) is 4.79 Å². The lowest BCUT2D eigenvalue weighted by molar-refractivity contribution is 0.102. The average Bonchev–Trinajstić information content (AvgIpc) is 3.29. The Morgan fingerprint density at radius 3 is 2.45 bits per heavy atom. The molecule has 0 saturated carbocycles. The van der Waals surface area contributed by atoms with Gasteiger partial charge in [0.05, 0.1) is 10.7 Å². The summed E-state index contributed by atoms with van der Waals surface area (Å²) >= 11 is 12.9. The van der Waals surface area contributed by atoms with Crippen molar-refractivity contribution in [2.45, 2.75) is 6.54 Å². The molecule has 0 aliphatic carbocycles. The van der Waals surface area contributed by atoms with Gasteiger partial charge in [-0.25, -0.2) is 0 Å². The van der Waals surface area contributed by atoms with Gasteiger partial charge in [0.2, 0.25) is 6.79 Å².